The van der Waals surface area contributed by atoms with Crippen molar-refractivity contribution in [2.45, 2.75) is 45.4 Å². The average molecular weight is 465 g/mol. The van der Waals surface area contributed by atoms with Crippen molar-refractivity contribution >= 4 is 39.6 Å². The number of likely N-dealkylation sites (tertiary alicyclic amines) is 1. The molecule has 1 aliphatic carbocycles. The minimum Gasteiger partial charge on any atom is -0.390 e. The fraction of sp³-hybridized carbons (Fsp3) is 0.480. The Morgan fingerprint density at radius 1 is 1.33 bits per heavy atom. The van der Waals surface area contributed by atoms with Crippen molar-refractivity contribution in [3.63, 3.8) is 0 Å². The highest BCUT2D eigenvalue weighted by Crippen LogP contribution is 2.51. The van der Waals surface area contributed by atoms with Crippen molar-refractivity contribution in [1.82, 2.24) is 14.9 Å². The number of carbonyl (C=O) groups excluding carboxylic acids is 1. The van der Waals surface area contributed by atoms with Gasteiger partial charge >= 0.3 is 0 Å². The van der Waals surface area contributed by atoms with Gasteiger partial charge in [0.25, 0.3) is 0 Å². The molecule has 0 radical (unpaired) electrons. The molecule has 5 N–H and O–H groups in total. The Bertz CT molecular complexity index is 1210. The van der Waals surface area contributed by atoms with Crippen LogP contribution in [0.4, 0.5) is 5.82 Å². The highest BCUT2D eigenvalue weighted by atomic mass is 32.1. The smallest absolute Gasteiger partial charge is 0.231 e. The summed E-state index contributed by atoms with van der Waals surface area (Å²) in [6.07, 6.45) is 5.64. The summed E-state index contributed by atoms with van der Waals surface area (Å²) in [5, 5.41) is 0. The number of rotatable bonds is 6. The van der Waals surface area contributed by atoms with Crippen LogP contribution in [0.1, 0.15) is 54.5 Å². The summed E-state index contributed by atoms with van der Waals surface area (Å²) in [6, 6.07) is 4.51. The lowest BCUT2D eigenvalue weighted by Gasteiger charge is -2.37. The van der Waals surface area contributed by atoms with Crippen LogP contribution in [0, 0.1) is 18.8 Å². The summed E-state index contributed by atoms with van der Waals surface area (Å²) in [7, 11) is 0. The number of nitrogens with one attached hydrogen (secondary N) is 1. The van der Waals surface area contributed by atoms with Crippen LogP contribution in [-0.4, -0.2) is 46.7 Å². The van der Waals surface area contributed by atoms with Gasteiger partial charge in [0, 0.05) is 35.6 Å². The van der Waals surface area contributed by atoms with Gasteiger partial charge in [0.1, 0.15) is 0 Å². The Morgan fingerprint density at radius 2 is 2.06 bits per heavy atom. The third kappa shape index (κ3) is 3.95. The molecule has 1 saturated heterocycles. The van der Waals surface area contributed by atoms with Gasteiger partial charge in [-0.15, -0.1) is 11.3 Å². The molecule has 3 aromatic rings. The molecule has 3 aromatic heterocycles. The maximum Gasteiger partial charge on any atom is 0.231 e. The number of hydrogen-bond acceptors (Lipinski definition) is 5. The molecule has 2 atom stereocenters. The van der Waals surface area contributed by atoms with E-state index in [0.717, 1.165) is 29.9 Å². The van der Waals surface area contributed by atoms with Crippen molar-refractivity contribution in [3.8, 4) is 11.3 Å². The van der Waals surface area contributed by atoms with Gasteiger partial charge in [-0.1, -0.05) is 13.8 Å². The van der Waals surface area contributed by atoms with Gasteiger partial charge in [0.2, 0.25) is 5.91 Å². The zero-order chi connectivity index (χ0) is 23.3. The van der Waals surface area contributed by atoms with E-state index >= 15 is 0 Å². The van der Waals surface area contributed by atoms with Gasteiger partial charge in [-0.2, -0.15) is 0 Å². The number of amides is 1. The molecule has 1 amide bonds. The van der Waals surface area contributed by atoms with E-state index in [1.165, 1.54) is 39.8 Å². The van der Waals surface area contributed by atoms with E-state index in [4.69, 9.17) is 11.5 Å². The third-order valence-electron chi connectivity index (χ3n) is 7.26. The number of thiophene rings is 1. The van der Waals surface area contributed by atoms with E-state index in [0.29, 0.717) is 36.0 Å². The van der Waals surface area contributed by atoms with E-state index in [-0.39, 0.29) is 5.91 Å². The second kappa shape index (κ2) is 8.57. The lowest BCUT2D eigenvalue weighted by molar-refractivity contribution is -0.119. The Balaban J connectivity index is 1.49. The minimum atomic E-state index is -0.223. The quantitative estimate of drug-likeness (QED) is 0.374. The summed E-state index contributed by atoms with van der Waals surface area (Å²) in [4.78, 5) is 27.5. The van der Waals surface area contributed by atoms with Crippen LogP contribution in [0.3, 0.4) is 0 Å². The molecule has 2 bridgehead atoms. The van der Waals surface area contributed by atoms with Crippen LogP contribution in [0.25, 0.3) is 21.5 Å². The second-order valence-corrected chi connectivity index (χ2v) is 11.0. The molecule has 33 heavy (non-hydrogen) atoms. The van der Waals surface area contributed by atoms with E-state index < -0.39 is 0 Å². The van der Waals surface area contributed by atoms with Gasteiger partial charge in [0.15, 0.2) is 5.82 Å². The zero-order valence-electron chi connectivity index (χ0n) is 19.5. The Hall–Kier alpha value is -2.71. The van der Waals surface area contributed by atoms with Crippen LogP contribution in [-0.2, 0) is 4.79 Å². The van der Waals surface area contributed by atoms with Gasteiger partial charge in [-0.3, -0.25) is 9.69 Å². The highest BCUT2D eigenvalue weighted by molar-refractivity contribution is 7.19. The van der Waals surface area contributed by atoms with Gasteiger partial charge in [-0.25, -0.2) is 9.98 Å². The van der Waals surface area contributed by atoms with Crippen LogP contribution >= 0.6 is 11.3 Å². The predicted octanol–water partition coefficient (Wildman–Crippen LogP) is 4.25. The van der Waals surface area contributed by atoms with E-state index in [1.54, 1.807) is 0 Å². The lowest BCUT2D eigenvalue weighted by Crippen LogP contribution is -2.44. The van der Waals surface area contributed by atoms with E-state index in [9.17, 15) is 4.79 Å². The topological polar surface area (TPSA) is 113 Å². The third-order valence-corrected chi connectivity index (χ3v) is 8.53. The standard InChI is InChI=1S/C25H32N6OS/c1-13(2)21-23(17-6-14(3)25(28-8-17)29-12-26)30-18-7-19(33-24(18)21)22-15-4-5-16(22)10-31(9-15)11-20(27)32/h6-8,12-13,15-16,22,30H,4-5,9-11H2,1-3H3,(H2,27,32)(H2,26,28,29). The molecule has 7 nitrogen and oxygen atoms in total. The first-order valence-corrected chi connectivity index (χ1v) is 12.5. The van der Waals surface area contributed by atoms with Crippen molar-refractivity contribution in [1.29, 1.82) is 0 Å². The average Bonchev–Trinajstić information content (AvgIpc) is 3.37. The molecule has 2 aliphatic rings. The summed E-state index contributed by atoms with van der Waals surface area (Å²) >= 11 is 1.95. The maximum absolute atomic E-state index is 11.4. The highest BCUT2D eigenvalue weighted by Gasteiger charge is 2.43. The molecule has 1 saturated carbocycles. The molecular weight excluding hydrogens is 432 g/mol. The predicted molar refractivity (Wildman–Crippen MR) is 135 cm³/mol. The largest absolute Gasteiger partial charge is 0.390 e. The fourth-order valence-corrected chi connectivity index (χ4v) is 7.61. The summed E-state index contributed by atoms with van der Waals surface area (Å²) in [5.74, 6) is 2.61. The van der Waals surface area contributed by atoms with Crippen LogP contribution in [0.2, 0.25) is 0 Å². The van der Waals surface area contributed by atoms with E-state index in [1.807, 2.05) is 24.5 Å². The molecule has 2 unspecified atom stereocenters. The van der Waals surface area contributed by atoms with Crippen LogP contribution < -0.4 is 11.5 Å². The maximum atomic E-state index is 11.4. The van der Waals surface area contributed by atoms with Gasteiger partial charge < -0.3 is 16.5 Å². The summed E-state index contributed by atoms with van der Waals surface area (Å²) in [5.41, 5.74) is 16.7. The molecule has 0 aromatic carbocycles. The number of hydrogen-bond donors (Lipinski definition) is 3. The van der Waals surface area contributed by atoms with Crippen molar-refractivity contribution in [2.24, 2.45) is 28.3 Å². The molecule has 8 heteroatoms. The number of nitrogens with zero attached hydrogens (tertiary/aromatic N) is 3. The molecular formula is C25H32N6OS. The first kappa shape index (κ1) is 22.1. The normalized spacial score (nSPS) is 23.3. The first-order valence-electron chi connectivity index (χ1n) is 11.7. The molecule has 0 spiro atoms. The molecule has 5 rings (SSSR count). The number of fused-ring (bicyclic) bond motifs is 3. The van der Waals surface area contributed by atoms with Crippen LogP contribution in [0.15, 0.2) is 23.3 Å². The van der Waals surface area contributed by atoms with Gasteiger partial charge in [-0.05, 0) is 60.8 Å². The number of aryl methyl sites for hydroxylation is 1. The monoisotopic (exact) mass is 464 g/mol. The minimum absolute atomic E-state index is 0.223. The Kier molecular flexibility index (Phi) is 5.74. The van der Waals surface area contributed by atoms with Crippen LogP contribution in [0.5, 0.6) is 0 Å². The number of aliphatic imine (C=N–C) groups is 1. The Morgan fingerprint density at radius 3 is 2.67 bits per heavy atom. The lowest BCUT2D eigenvalue weighted by atomic mass is 9.84. The fourth-order valence-electron chi connectivity index (χ4n) is 6.01. The summed E-state index contributed by atoms with van der Waals surface area (Å²) < 4.78 is 1.36. The number of primary amides is 1. The number of piperidine rings is 1. The zero-order valence-corrected chi connectivity index (χ0v) is 20.3. The summed E-state index contributed by atoms with van der Waals surface area (Å²) in [6.45, 7) is 8.85. The molecule has 4 heterocycles. The number of H-pyrrole nitrogens is 1. The number of aromatic amines is 1. The number of carbonyl (C=O) groups is 1. The molecule has 174 valence electrons. The number of aromatic nitrogens is 2. The van der Waals surface area contributed by atoms with Crippen molar-refractivity contribution < 1.29 is 4.79 Å². The molecule has 2 fully saturated rings. The van der Waals surface area contributed by atoms with E-state index in [2.05, 4.69) is 45.8 Å². The molecule has 1 aliphatic heterocycles. The first-order chi connectivity index (χ1) is 15.9. The number of nitrogens with two attached hydrogens (primary N) is 2. The SMILES string of the molecule is Cc1cc(-c2[nH]c3cc(C4C5CCC4CN(CC(N)=O)C5)sc3c2C(C)C)cnc1N=CN. The second-order valence-electron chi connectivity index (χ2n) is 9.89. The Labute approximate surface area is 198 Å². The van der Waals surface area contributed by atoms with Gasteiger partial charge in [0.05, 0.1) is 28.8 Å². The van der Waals surface area contributed by atoms with Crippen molar-refractivity contribution in [3.05, 3.63) is 34.3 Å². The number of pyridine rings is 1. The van der Waals surface area contributed by atoms with Crippen molar-refractivity contribution in [2.75, 3.05) is 19.6 Å².